The molecule has 1 aromatic heterocycles. The first kappa shape index (κ1) is 17.2. The summed E-state index contributed by atoms with van der Waals surface area (Å²) < 4.78 is 10.1. The van der Waals surface area contributed by atoms with Crippen LogP contribution in [0.3, 0.4) is 0 Å². The summed E-state index contributed by atoms with van der Waals surface area (Å²) >= 11 is 1.51. The lowest BCUT2D eigenvalue weighted by molar-refractivity contribution is 0.0601. The topological polar surface area (TPSA) is 67.5 Å². The lowest BCUT2D eigenvalue weighted by Crippen LogP contribution is -2.09. The van der Waals surface area contributed by atoms with Crippen molar-refractivity contribution in [3.05, 3.63) is 42.0 Å². The number of nitrogens with one attached hydrogen (secondary N) is 1. The average molecular weight is 357 g/mol. The third-order valence-corrected chi connectivity index (χ3v) is 4.67. The van der Waals surface area contributed by atoms with E-state index in [4.69, 9.17) is 9.47 Å². The number of fused-ring (bicyclic) bond motifs is 1. The number of nitrogens with zero attached hydrogens (tertiary/aromatic N) is 2. The van der Waals surface area contributed by atoms with E-state index in [1.54, 1.807) is 25.3 Å². The molecule has 0 fully saturated rings. The Bertz CT molecular complexity index is 921. The van der Waals surface area contributed by atoms with Crippen molar-refractivity contribution in [2.24, 2.45) is 0 Å². The maximum atomic E-state index is 11.7. The predicted octanol–water partition coefficient (Wildman–Crippen LogP) is 3.58. The minimum atomic E-state index is -0.367. The predicted molar refractivity (Wildman–Crippen MR) is 98.9 cm³/mol. The van der Waals surface area contributed by atoms with E-state index in [9.17, 15) is 4.79 Å². The molecule has 130 valence electrons. The molecule has 0 spiro atoms. The molecule has 0 radical (unpaired) electrons. The van der Waals surface area contributed by atoms with Crippen molar-refractivity contribution in [3.63, 3.8) is 0 Å². The number of hydrogen-bond acceptors (Lipinski definition) is 6. The molecule has 0 aliphatic heterocycles. The highest BCUT2D eigenvalue weighted by molar-refractivity contribution is 7.99. The second kappa shape index (κ2) is 7.06. The number of methoxy groups -OCH3 is 2. The van der Waals surface area contributed by atoms with E-state index >= 15 is 0 Å². The highest BCUT2D eigenvalue weighted by atomic mass is 32.2. The Morgan fingerprint density at radius 2 is 1.96 bits per heavy atom. The Labute approximate surface area is 150 Å². The van der Waals surface area contributed by atoms with E-state index < -0.39 is 0 Å². The van der Waals surface area contributed by atoms with Crippen molar-refractivity contribution in [2.45, 2.75) is 10.1 Å². The number of anilines is 1. The summed E-state index contributed by atoms with van der Waals surface area (Å²) in [5.74, 6) is 0.422. The van der Waals surface area contributed by atoms with E-state index in [0.29, 0.717) is 5.56 Å². The van der Waals surface area contributed by atoms with Gasteiger partial charge in [-0.1, -0.05) is 0 Å². The fourth-order valence-electron chi connectivity index (χ4n) is 2.46. The van der Waals surface area contributed by atoms with Crippen molar-refractivity contribution >= 4 is 34.5 Å². The second-order valence-corrected chi connectivity index (χ2v) is 6.63. The van der Waals surface area contributed by atoms with Gasteiger partial charge in [0.05, 0.1) is 36.5 Å². The van der Waals surface area contributed by atoms with Crippen LogP contribution in [0.5, 0.6) is 5.75 Å². The van der Waals surface area contributed by atoms with Crippen LogP contribution < -0.4 is 9.64 Å². The normalized spacial score (nSPS) is 10.7. The summed E-state index contributed by atoms with van der Waals surface area (Å²) in [7, 11) is 7.00. The maximum Gasteiger partial charge on any atom is 0.337 e. The third-order valence-electron chi connectivity index (χ3n) is 3.74. The van der Waals surface area contributed by atoms with Gasteiger partial charge in [0.15, 0.2) is 5.16 Å². The van der Waals surface area contributed by atoms with Gasteiger partial charge in [0, 0.05) is 19.0 Å². The Kier molecular flexibility index (Phi) is 4.85. The van der Waals surface area contributed by atoms with Crippen molar-refractivity contribution in [1.29, 1.82) is 0 Å². The minimum Gasteiger partial charge on any atom is -0.497 e. The number of H-pyrrole nitrogens is 1. The molecule has 0 amide bonds. The average Bonchev–Trinajstić information content (AvgIpc) is 3.01. The molecule has 0 aliphatic carbocycles. The summed E-state index contributed by atoms with van der Waals surface area (Å²) in [5, 5.41) is 0.744. The molecule has 2 aromatic carbocycles. The van der Waals surface area contributed by atoms with Crippen LogP contribution >= 0.6 is 11.8 Å². The van der Waals surface area contributed by atoms with Gasteiger partial charge in [0.2, 0.25) is 0 Å². The SMILES string of the molecule is COC(=O)c1ccc2nc(Sc3cc(OC)ccc3N(C)C)[nH]c2c1. The minimum absolute atomic E-state index is 0.367. The molecule has 0 saturated carbocycles. The molecule has 3 rings (SSSR count). The Hall–Kier alpha value is -2.67. The monoisotopic (exact) mass is 357 g/mol. The van der Waals surface area contributed by atoms with Gasteiger partial charge in [-0.05, 0) is 48.2 Å². The number of benzene rings is 2. The van der Waals surface area contributed by atoms with Crippen LogP contribution in [0.25, 0.3) is 11.0 Å². The summed E-state index contributed by atoms with van der Waals surface area (Å²) in [6, 6.07) is 11.2. The quantitative estimate of drug-likeness (QED) is 0.704. The molecule has 0 saturated heterocycles. The van der Waals surface area contributed by atoms with Crippen molar-refractivity contribution in [1.82, 2.24) is 9.97 Å². The van der Waals surface area contributed by atoms with Crippen molar-refractivity contribution in [3.8, 4) is 5.75 Å². The van der Waals surface area contributed by atoms with Gasteiger partial charge in [-0.2, -0.15) is 0 Å². The molecule has 1 heterocycles. The Balaban J connectivity index is 1.96. The van der Waals surface area contributed by atoms with Gasteiger partial charge in [0.1, 0.15) is 5.75 Å². The van der Waals surface area contributed by atoms with Crippen LogP contribution in [-0.2, 0) is 4.74 Å². The lowest BCUT2D eigenvalue weighted by atomic mass is 10.2. The van der Waals surface area contributed by atoms with Crippen LogP contribution in [0.15, 0.2) is 46.5 Å². The van der Waals surface area contributed by atoms with Gasteiger partial charge >= 0.3 is 5.97 Å². The molecule has 0 bridgehead atoms. The number of aromatic nitrogens is 2. The van der Waals surface area contributed by atoms with Crippen molar-refractivity contribution < 1.29 is 14.3 Å². The molecule has 1 N–H and O–H groups in total. The van der Waals surface area contributed by atoms with Crippen LogP contribution in [0.4, 0.5) is 5.69 Å². The molecule has 0 unspecified atom stereocenters. The highest BCUT2D eigenvalue weighted by Crippen LogP contribution is 2.36. The number of esters is 1. The fraction of sp³-hybridized carbons (Fsp3) is 0.222. The maximum absolute atomic E-state index is 11.7. The first-order valence-electron chi connectivity index (χ1n) is 7.63. The fourth-order valence-corrected chi connectivity index (χ4v) is 3.50. The highest BCUT2D eigenvalue weighted by Gasteiger charge is 2.13. The molecule has 25 heavy (non-hydrogen) atoms. The Morgan fingerprint density at radius 3 is 2.64 bits per heavy atom. The van der Waals surface area contributed by atoms with Crippen LogP contribution in [-0.4, -0.2) is 44.3 Å². The first-order valence-corrected chi connectivity index (χ1v) is 8.44. The summed E-state index contributed by atoms with van der Waals surface area (Å²) in [4.78, 5) is 22.6. The zero-order valence-corrected chi connectivity index (χ0v) is 15.3. The lowest BCUT2D eigenvalue weighted by Gasteiger charge is -2.17. The molecule has 6 nitrogen and oxygen atoms in total. The second-order valence-electron chi connectivity index (χ2n) is 5.60. The van der Waals surface area contributed by atoms with E-state index in [-0.39, 0.29) is 5.97 Å². The summed E-state index contributed by atoms with van der Waals surface area (Å²) in [6.45, 7) is 0. The van der Waals surface area contributed by atoms with E-state index in [1.807, 2.05) is 37.2 Å². The van der Waals surface area contributed by atoms with Gasteiger partial charge in [-0.3, -0.25) is 0 Å². The van der Waals surface area contributed by atoms with Gasteiger partial charge < -0.3 is 19.4 Å². The summed E-state index contributed by atoms with van der Waals surface area (Å²) in [6.07, 6.45) is 0. The largest absolute Gasteiger partial charge is 0.497 e. The third kappa shape index (κ3) is 3.56. The zero-order chi connectivity index (χ0) is 18.0. The number of ether oxygens (including phenoxy) is 2. The van der Waals surface area contributed by atoms with Gasteiger partial charge in [-0.15, -0.1) is 0 Å². The number of carbonyl (C=O) groups is 1. The number of carbonyl (C=O) groups excluding carboxylic acids is 1. The van der Waals surface area contributed by atoms with E-state index in [1.165, 1.54) is 18.9 Å². The van der Waals surface area contributed by atoms with Gasteiger partial charge in [0.25, 0.3) is 0 Å². The van der Waals surface area contributed by atoms with E-state index in [0.717, 1.165) is 32.5 Å². The zero-order valence-electron chi connectivity index (χ0n) is 14.5. The van der Waals surface area contributed by atoms with Crippen LogP contribution in [0.1, 0.15) is 10.4 Å². The molecule has 7 heteroatoms. The summed E-state index contributed by atoms with van der Waals surface area (Å²) in [5.41, 5.74) is 3.15. The Morgan fingerprint density at radius 1 is 1.16 bits per heavy atom. The molecule has 0 atom stereocenters. The molecule has 0 aliphatic rings. The first-order chi connectivity index (χ1) is 12.0. The standard InChI is InChI=1S/C18H19N3O3S/c1-21(2)15-8-6-12(23-3)10-16(15)25-18-19-13-7-5-11(17(22)24-4)9-14(13)20-18/h5-10H,1-4H3,(H,19,20). The molecular weight excluding hydrogens is 338 g/mol. The molecular formula is C18H19N3O3S. The van der Waals surface area contributed by atoms with Gasteiger partial charge in [-0.25, -0.2) is 9.78 Å². The number of rotatable bonds is 5. The number of hydrogen-bond donors (Lipinski definition) is 1. The van der Waals surface area contributed by atoms with E-state index in [2.05, 4.69) is 9.97 Å². The van der Waals surface area contributed by atoms with Crippen molar-refractivity contribution in [2.75, 3.05) is 33.2 Å². The van der Waals surface area contributed by atoms with Crippen LogP contribution in [0, 0.1) is 0 Å². The smallest absolute Gasteiger partial charge is 0.337 e. The number of imidazole rings is 1. The number of aromatic amines is 1. The molecule has 3 aromatic rings. The van der Waals surface area contributed by atoms with Crippen LogP contribution in [0.2, 0.25) is 0 Å².